The zero-order valence-electron chi connectivity index (χ0n) is 11.8. The summed E-state index contributed by atoms with van der Waals surface area (Å²) < 4.78 is 16.5. The Hall–Kier alpha value is -1.49. The van der Waals surface area contributed by atoms with Crippen LogP contribution in [0.15, 0.2) is 12.1 Å². The van der Waals surface area contributed by atoms with E-state index in [4.69, 9.17) is 13.9 Å². The highest BCUT2D eigenvalue weighted by molar-refractivity contribution is 6.70. The zero-order chi connectivity index (χ0) is 13.9. The maximum Gasteiger partial charge on any atom is 0.242 e. The summed E-state index contributed by atoms with van der Waals surface area (Å²) in [5.74, 6) is 1.48. The molecule has 0 unspecified atom stereocenters. The number of Topliss-reactive ketones (excluding diaryl/α,β-unsaturated/α-hetero) is 1. The quantitative estimate of drug-likeness (QED) is 0.608. The highest BCUT2D eigenvalue weighted by Crippen LogP contribution is 2.41. The molecule has 0 radical (unpaired) electrons. The van der Waals surface area contributed by atoms with Crippen LogP contribution in [-0.4, -0.2) is 28.3 Å². The summed E-state index contributed by atoms with van der Waals surface area (Å²) in [5.41, 5.74) is 0.523. The number of methoxy groups -OCH3 is 2. The first-order valence-electron chi connectivity index (χ1n) is 5.75. The number of carbonyl (C=O) groups excluding carboxylic acids is 1. The van der Waals surface area contributed by atoms with Crippen molar-refractivity contribution < 1.29 is 18.7 Å². The SMILES string of the molecule is COc1ccc(C(C)=O)c(O[Si](C)(C)C)c1OC. The molecular weight excluding hydrogens is 248 g/mol. The van der Waals surface area contributed by atoms with Crippen molar-refractivity contribution in [1.82, 2.24) is 0 Å². The molecule has 0 aliphatic rings. The second kappa shape index (κ2) is 5.43. The number of ketones is 1. The van der Waals surface area contributed by atoms with Crippen molar-refractivity contribution in [2.75, 3.05) is 14.2 Å². The van der Waals surface area contributed by atoms with Crippen LogP contribution in [0, 0.1) is 0 Å². The summed E-state index contributed by atoms with van der Waals surface area (Å²) in [4.78, 5) is 11.7. The third-order valence-corrected chi connectivity index (χ3v) is 3.10. The van der Waals surface area contributed by atoms with E-state index in [0.29, 0.717) is 22.8 Å². The topological polar surface area (TPSA) is 44.8 Å². The van der Waals surface area contributed by atoms with Gasteiger partial charge in [0.05, 0.1) is 19.8 Å². The number of hydrogen-bond acceptors (Lipinski definition) is 4. The first-order chi connectivity index (χ1) is 8.30. The van der Waals surface area contributed by atoms with Gasteiger partial charge < -0.3 is 13.9 Å². The fourth-order valence-electron chi connectivity index (χ4n) is 1.58. The predicted octanol–water partition coefficient (Wildman–Crippen LogP) is 3.12. The van der Waals surface area contributed by atoms with Gasteiger partial charge in [-0.15, -0.1) is 0 Å². The third-order valence-electron chi connectivity index (χ3n) is 2.29. The number of hydrogen-bond donors (Lipinski definition) is 0. The molecule has 0 fully saturated rings. The van der Waals surface area contributed by atoms with E-state index in [9.17, 15) is 4.79 Å². The normalized spacial score (nSPS) is 11.0. The van der Waals surface area contributed by atoms with Crippen molar-refractivity contribution in [3.8, 4) is 17.2 Å². The minimum absolute atomic E-state index is 0.0517. The molecule has 0 spiro atoms. The molecule has 1 rings (SSSR count). The predicted molar refractivity (Wildman–Crippen MR) is 73.5 cm³/mol. The van der Waals surface area contributed by atoms with Gasteiger partial charge in [0.2, 0.25) is 14.1 Å². The molecule has 5 heteroatoms. The largest absolute Gasteiger partial charge is 0.541 e. The van der Waals surface area contributed by atoms with E-state index in [0.717, 1.165) is 0 Å². The average molecular weight is 268 g/mol. The van der Waals surface area contributed by atoms with Crippen LogP contribution in [0.4, 0.5) is 0 Å². The van der Waals surface area contributed by atoms with E-state index >= 15 is 0 Å². The summed E-state index contributed by atoms with van der Waals surface area (Å²) in [7, 11) is 1.25. The monoisotopic (exact) mass is 268 g/mol. The molecule has 0 amide bonds. The third kappa shape index (κ3) is 3.26. The van der Waals surface area contributed by atoms with E-state index in [1.165, 1.54) is 6.92 Å². The van der Waals surface area contributed by atoms with Crippen molar-refractivity contribution in [2.45, 2.75) is 26.6 Å². The molecular formula is C13H20O4Si. The van der Waals surface area contributed by atoms with Gasteiger partial charge in [0.25, 0.3) is 0 Å². The van der Waals surface area contributed by atoms with Crippen molar-refractivity contribution in [1.29, 1.82) is 0 Å². The molecule has 0 saturated heterocycles. The molecule has 1 aromatic carbocycles. The van der Waals surface area contributed by atoms with Crippen molar-refractivity contribution >= 4 is 14.1 Å². The average Bonchev–Trinajstić information content (AvgIpc) is 2.25. The highest BCUT2D eigenvalue weighted by atomic mass is 28.4. The van der Waals surface area contributed by atoms with Crippen LogP contribution < -0.4 is 13.9 Å². The van der Waals surface area contributed by atoms with Crippen LogP contribution >= 0.6 is 0 Å². The van der Waals surface area contributed by atoms with Crippen LogP contribution in [0.5, 0.6) is 17.2 Å². The molecule has 100 valence electrons. The minimum atomic E-state index is -1.85. The first-order valence-corrected chi connectivity index (χ1v) is 9.16. The lowest BCUT2D eigenvalue weighted by Gasteiger charge is -2.23. The van der Waals surface area contributed by atoms with Crippen molar-refractivity contribution in [2.24, 2.45) is 0 Å². The van der Waals surface area contributed by atoms with E-state index < -0.39 is 8.32 Å². The van der Waals surface area contributed by atoms with Gasteiger partial charge in [-0.2, -0.15) is 0 Å². The minimum Gasteiger partial charge on any atom is -0.541 e. The number of benzene rings is 1. The lowest BCUT2D eigenvalue weighted by atomic mass is 10.1. The zero-order valence-corrected chi connectivity index (χ0v) is 12.8. The van der Waals surface area contributed by atoms with Gasteiger partial charge in [-0.25, -0.2) is 0 Å². The van der Waals surface area contributed by atoms with Gasteiger partial charge in [-0.1, -0.05) is 0 Å². The van der Waals surface area contributed by atoms with Crippen LogP contribution in [0.2, 0.25) is 19.6 Å². The van der Waals surface area contributed by atoms with Gasteiger partial charge in [-0.05, 0) is 38.7 Å². The first kappa shape index (κ1) is 14.6. The summed E-state index contributed by atoms with van der Waals surface area (Å²) in [6, 6.07) is 3.42. The van der Waals surface area contributed by atoms with Crippen LogP contribution in [0.3, 0.4) is 0 Å². The standard InChI is InChI=1S/C13H20O4Si/c1-9(14)10-7-8-11(15-2)13(16-3)12(10)17-18(4,5)6/h7-8H,1-6H3. The molecule has 0 aliphatic carbocycles. The fourth-order valence-corrected chi connectivity index (χ4v) is 2.40. The lowest BCUT2D eigenvalue weighted by molar-refractivity contribution is 0.101. The fraction of sp³-hybridized carbons (Fsp3) is 0.462. The van der Waals surface area contributed by atoms with Crippen molar-refractivity contribution in [3.05, 3.63) is 17.7 Å². The van der Waals surface area contributed by atoms with E-state index in [-0.39, 0.29) is 5.78 Å². The summed E-state index contributed by atoms with van der Waals surface area (Å²) >= 11 is 0. The van der Waals surface area contributed by atoms with Crippen molar-refractivity contribution in [3.63, 3.8) is 0 Å². The smallest absolute Gasteiger partial charge is 0.242 e. The van der Waals surface area contributed by atoms with Gasteiger partial charge in [0.1, 0.15) is 0 Å². The lowest BCUT2D eigenvalue weighted by Crippen LogP contribution is -2.30. The van der Waals surface area contributed by atoms with Crippen LogP contribution in [0.1, 0.15) is 17.3 Å². The van der Waals surface area contributed by atoms with Gasteiger partial charge in [-0.3, -0.25) is 4.79 Å². The Morgan fingerprint density at radius 2 is 1.67 bits per heavy atom. The highest BCUT2D eigenvalue weighted by Gasteiger charge is 2.25. The Morgan fingerprint density at radius 1 is 1.06 bits per heavy atom. The molecule has 0 aromatic heterocycles. The number of rotatable bonds is 5. The Balaban J connectivity index is 3.43. The van der Waals surface area contributed by atoms with Crippen LogP contribution in [0.25, 0.3) is 0 Å². The Kier molecular flexibility index (Phi) is 4.40. The van der Waals surface area contributed by atoms with Gasteiger partial charge in [0, 0.05) is 0 Å². The summed E-state index contributed by atoms with van der Waals surface area (Å²) in [6.45, 7) is 7.67. The second-order valence-corrected chi connectivity index (χ2v) is 9.38. The summed E-state index contributed by atoms with van der Waals surface area (Å²) in [6.07, 6.45) is 0. The molecule has 0 saturated carbocycles. The van der Waals surface area contributed by atoms with Gasteiger partial charge in [0.15, 0.2) is 17.3 Å². The molecule has 18 heavy (non-hydrogen) atoms. The summed E-state index contributed by atoms with van der Waals surface area (Å²) in [5, 5.41) is 0. The molecule has 0 heterocycles. The van der Waals surface area contributed by atoms with E-state index in [1.807, 2.05) is 0 Å². The second-order valence-electron chi connectivity index (χ2n) is 4.95. The number of ether oxygens (including phenoxy) is 2. The maximum atomic E-state index is 11.7. The van der Waals surface area contributed by atoms with Crippen LogP contribution in [-0.2, 0) is 0 Å². The molecule has 0 aliphatic heterocycles. The maximum absolute atomic E-state index is 11.7. The number of carbonyl (C=O) groups is 1. The van der Waals surface area contributed by atoms with E-state index in [2.05, 4.69) is 19.6 Å². The molecule has 0 N–H and O–H groups in total. The molecule has 0 atom stereocenters. The Labute approximate surface area is 109 Å². The Bertz CT molecular complexity index is 449. The molecule has 0 bridgehead atoms. The van der Waals surface area contributed by atoms with Gasteiger partial charge >= 0.3 is 0 Å². The Morgan fingerprint density at radius 3 is 2.06 bits per heavy atom. The molecule has 1 aromatic rings. The van der Waals surface area contributed by atoms with E-state index in [1.54, 1.807) is 26.4 Å². The molecule has 4 nitrogen and oxygen atoms in total.